The number of esters is 1. The van der Waals surface area contributed by atoms with E-state index in [-0.39, 0.29) is 18.5 Å². The number of carbonyl (C=O) groups excluding carboxylic acids is 1. The molecule has 0 bridgehead atoms. The van der Waals surface area contributed by atoms with Gasteiger partial charge >= 0.3 is 5.97 Å². The minimum atomic E-state index is -0.124. The third-order valence-electron chi connectivity index (χ3n) is 3.68. The Bertz CT molecular complexity index is 568. The van der Waals surface area contributed by atoms with Crippen molar-refractivity contribution in [3.05, 3.63) is 34.3 Å². The van der Waals surface area contributed by atoms with Gasteiger partial charge in [0.05, 0.1) is 5.92 Å². The molecule has 21 heavy (non-hydrogen) atoms. The Balaban J connectivity index is 1.64. The summed E-state index contributed by atoms with van der Waals surface area (Å²) in [5.74, 6) is 1.30. The molecule has 1 aliphatic heterocycles. The number of hydrogen-bond acceptors (Lipinski definition) is 4. The molecule has 4 nitrogen and oxygen atoms in total. The fraction of sp³-hybridized carbons (Fsp3) is 0.438. The fourth-order valence-electron chi connectivity index (χ4n) is 2.49. The maximum atomic E-state index is 12.0. The van der Waals surface area contributed by atoms with Crippen molar-refractivity contribution < 1.29 is 19.0 Å². The van der Waals surface area contributed by atoms with E-state index in [4.69, 9.17) is 14.2 Å². The molecule has 3 rings (SSSR count). The molecule has 112 valence electrons. The molecule has 0 N–H and O–H groups in total. The molecule has 1 unspecified atom stereocenters. The molecule has 0 aromatic heterocycles. The van der Waals surface area contributed by atoms with Gasteiger partial charge in [-0.15, -0.1) is 0 Å². The summed E-state index contributed by atoms with van der Waals surface area (Å²) in [6, 6.07) is 3.73. The van der Waals surface area contributed by atoms with Crippen LogP contribution in [0.1, 0.15) is 24.8 Å². The standard InChI is InChI=1S/C16H17BrO4/c17-13-9-15-14(19-6-7-20-15)8-12(13)10-21-16(18)11-4-2-1-3-5-11/h1-2,8-9,11H,3-7,10H2. The highest BCUT2D eigenvalue weighted by atomic mass is 79.9. The van der Waals surface area contributed by atoms with Crippen LogP contribution in [0.4, 0.5) is 0 Å². The van der Waals surface area contributed by atoms with E-state index in [1.54, 1.807) is 0 Å². The topological polar surface area (TPSA) is 44.8 Å². The smallest absolute Gasteiger partial charge is 0.309 e. The Hall–Kier alpha value is -1.49. The summed E-state index contributed by atoms with van der Waals surface area (Å²) in [6.45, 7) is 1.35. The van der Waals surface area contributed by atoms with E-state index in [1.807, 2.05) is 12.1 Å². The number of benzene rings is 1. The van der Waals surface area contributed by atoms with Crippen LogP contribution in [0.25, 0.3) is 0 Å². The molecule has 0 radical (unpaired) electrons. The molecule has 1 atom stereocenters. The first-order valence-electron chi connectivity index (χ1n) is 7.13. The zero-order chi connectivity index (χ0) is 14.7. The minimum Gasteiger partial charge on any atom is -0.486 e. The second-order valence-corrected chi connectivity index (χ2v) is 6.03. The van der Waals surface area contributed by atoms with Crippen LogP contribution in [0.2, 0.25) is 0 Å². The molecule has 0 fully saturated rings. The summed E-state index contributed by atoms with van der Waals surface area (Å²) in [4.78, 5) is 12.0. The van der Waals surface area contributed by atoms with E-state index in [2.05, 4.69) is 28.1 Å². The third kappa shape index (κ3) is 3.40. The lowest BCUT2D eigenvalue weighted by atomic mass is 9.95. The minimum absolute atomic E-state index is 0.00835. The third-order valence-corrected chi connectivity index (χ3v) is 4.42. The van der Waals surface area contributed by atoms with E-state index < -0.39 is 0 Å². The average Bonchev–Trinajstić information content (AvgIpc) is 2.53. The lowest BCUT2D eigenvalue weighted by molar-refractivity contribution is -0.150. The highest BCUT2D eigenvalue weighted by Crippen LogP contribution is 2.36. The lowest BCUT2D eigenvalue weighted by Gasteiger charge is -2.20. The normalized spacial score (nSPS) is 20.1. The Morgan fingerprint density at radius 3 is 2.71 bits per heavy atom. The van der Waals surface area contributed by atoms with Crippen LogP contribution in [-0.2, 0) is 16.1 Å². The van der Waals surface area contributed by atoms with Crippen LogP contribution < -0.4 is 9.47 Å². The van der Waals surface area contributed by atoms with Gasteiger partial charge in [-0.2, -0.15) is 0 Å². The summed E-state index contributed by atoms with van der Waals surface area (Å²) < 4.78 is 17.4. The van der Waals surface area contributed by atoms with Crippen LogP contribution >= 0.6 is 15.9 Å². The van der Waals surface area contributed by atoms with Gasteiger partial charge in [-0.05, 0) is 31.4 Å². The number of rotatable bonds is 3. The molecular weight excluding hydrogens is 336 g/mol. The van der Waals surface area contributed by atoms with Crippen molar-refractivity contribution in [2.24, 2.45) is 5.92 Å². The molecular formula is C16H17BrO4. The van der Waals surface area contributed by atoms with Gasteiger partial charge in [-0.25, -0.2) is 0 Å². The Morgan fingerprint density at radius 1 is 1.24 bits per heavy atom. The first-order chi connectivity index (χ1) is 10.2. The first-order valence-corrected chi connectivity index (χ1v) is 7.93. The van der Waals surface area contributed by atoms with Gasteiger partial charge in [0, 0.05) is 10.0 Å². The molecule has 1 aliphatic carbocycles. The van der Waals surface area contributed by atoms with Gasteiger partial charge in [0.25, 0.3) is 0 Å². The van der Waals surface area contributed by atoms with Gasteiger partial charge in [-0.3, -0.25) is 4.79 Å². The Morgan fingerprint density at radius 2 is 2.00 bits per heavy atom. The fourth-order valence-corrected chi connectivity index (χ4v) is 2.93. The maximum Gasteiger partial charge on any atom is 0.309 e. The molecule has 0 amide bonds. The van der Waals surface area contributed by atoms with Gasteiger partial charge in [0.2, 0.25) is 0 Å². The van der Waals surface area contributed by atoms with Crippen LogP contribution in [0, 0.1) is 5.92 Å². The quantitative estimate of drug-likeness (QED) is 0.615. The summed E-state index contributed by atoms with van der Waals surface area (Å²) in [7, 11) is 0. The zero-order valence-corrected chi connectivity index (χ0v) is 13.2. The number of fused-ring (bicyclic) bond motifs is 1. The molecule has 0 saturated carbocycles. The van der Waals surface area contributed by atoms with Crippen LogP contribution in [-0.4, -0.2) is 19.2 Å². The van der Waals surface area contributed by atoms with Crippen LogP contribution in [0.3, 0.4) is 0 Å². The summed E-state index contributed by atoms with van der Waals surface area (Å²) in [5.41, 5.74) is 0.888. The first kappa shape index (κ1) is 14.4. The van der Waals surface area contributed by atoms with Crippen molar-refractivity contribution in [1.82, 2.24) is 0 Å². The average molecular weight is 353 g/mol. The molecule has 0 spiro atoms. The lowest BCUT2D eigenvalue weighted by Crippen LogP contribution is -2.19. The van der Waals surface area contributed by atoms with Crippen molar-refractivity contribution in [3.8, 4) is 11.5 Å². The van der Waals surface area contributed by atoms with Crippen LogP contribution in [0.15, 0.2) is 28.8 Å². The van der Waals surface area contributed by atoms with Crippen molar-refractivity contribution in [2.45, 2.75) is 25.9 Å². The van der Waals surface area contributed by atoms with E-state index in [9.17, 15) is 4.79 Å². The second-order valence-electron chi connectivity index (χ2n) is 5.18. The zero-order valence-electron chi connectivity index (χ0n) is 11.6. The summed E-state index contributed by atoms with van der Waals surface area (Å²) in [5, 5.41) is 0. The number of hydrogen-bond donors (Lipinski definition) is 0. The molecule has 0 saturated heterocycles. The Kier molecular flexibility index (Phi) is 4.48. The number of ether oxygens (including phenoxy) is 3. The van der Waals surface area contributed by atoms with Crippen molar-refractivity contribution >= 4 is 21.9 Å². The van der Waals surface area contributed by atoms with Gasteiger partial charge in [0.1, 0.15) is 19.8 Å². The van der Waals surface area contributed by atoms with E-state index >= 15 is 0 Å². The van der Waals surface area contributed by atoms with Gasteiger partial charge < -0.3 is 14.2 Å². The Labute approximate surface area is 132 Å². The van der Waals surface area contributed by atoms with E-state index in [0.29, 0.717) is 19.0 Å². The predicted molar refractivity (Wildman–Crippen MR) is 81.4 cm³/mol. The highest BCUT2D eigenvalue weighted by Gasteiger charge is 2.21. The molecule has 5 heteroatoms. The van der Waals surface area contributed by atoms with Gasteiger partial charge in [0.15, 0.2) is 11.5 Å². The molecule has 1 aromatic carbocycles. The summed E-state index contributed by atoms with van der Waals surface area (Å²) in [6.07, 6.45) is 6.77. The highest BCUT2D eigenvalue weighted by molar-refractivity contribution is 9.10. The second kappa shape index (κ2) is 6.52. The molecule has 2 aliphatic rings. The number of allylic oxidation sites excluding steroid dienone is 2. The number of halogens is 1. The van der Waals surface area contributed by atoms with Gasteiger partial charge in [-0.1, -0.05) is 28.1 Å². The largest absolute Gasteiger partial charge is 0.486 e. The van der Waals surface area contributed by atoms with E-state index in [0.717, 1.165) is 35.0 Å². The van der Waals surface area contributed by atoms with Crippen LogP contribution in [0.5, 0.6) is 11.5 Å². The van der Waals surface area contributed by atoms with Crippen molar-refractivity contribution in [2.75, 3.05) is 13.2 Å². The maximum absolute atomic E-state index is 12.0. The monoisotopic (exact) mass is 352 g/mol. The number of carbonyl (C=O) groups is 1. The summed E-state index contributed by atoms with van der Waals surface area (Å²) >= 11 is 3.48. The molecule has 1 aromatic rings. The van der Waals surface area contributed by atoms with Crippen molar-refractivity contribution in [1.29, 1.82) is 0 Å². The predicted octanol–water partition coefficient (Wildman–Crippen LogP) is 3.62. The molecule has 1 heterocycles. The SMILES string of the molecule is O=C(OCc1cc2c(cc1Br)OCCO2)C1CC=CCC1. The van der Waals surface area contributed by atoms with Crippen molar-refractivity contribution in [3.63, 3.8) is 0 Å². The van der Waals surface area contributed by atoms with E-state index in [1.165, 1.54) is 0 Å².